The number of hydrogen-bond donors (Lipinski definition) is 2. The van der Waals surface area contributed by atoms with Crippen LogP contribution in [0, 0.1) is 62.1 Å². The van der Waals surface area contributed by atoms with E-state index in [2.05, 4.69) is 105 Å². The third-order valence-electron chi connectivity index (χ3n) is 19.1. The lowest BCUT2D eigenvalue weighted by Gasteiger charge is -2.73. The highest BCUT2D eigenvalue weighted by atomic mass is 32.2. The Labute approximate surface area is 349 Å². The Morgan fingerprint density at radius 3 is 2.44 bits per heavy atom. The molecule has 5 fully saturated rings. The zero-order valence-electron chi connectivity index (χ0n) is 36.5. The molecule has 11 atom stereocenters. The molecule has 6 aliphatic carbocycles. The minimum atomic E-state index is -1.11. The summed E-state index contributed by atoms with van der Waals surface area (Å²) in [7, 11) is 0. The van der Waals surface area contributed by atoms with Crippen LogP contribution in [0.2, 0.25) is 0 Å². The van der Waals surface area contributed by atoms with E-state index < -0.39 is 16.8 Å². The second kappa shape index (κ2) is 15.1. The first-order chi connectivity index (χ1) is 27.1. The molecule has 8 rings (SSSR count). The monoisotopic (exact) mass is 799 g/mol. The number of nitrogens with one attached hydrogen (secondary N) is 1. The lowest BCUT2D eigenvalue weighted by Crippen LogP contribution is -2.68. The van der Waals surface area contributed by atoms with E-state index in [0.717, 1.165) is 19.4 Å². The van der Waals surface area contributed by atoms with Crippen LogP contribution in [0.15, 0.2) is 54.4 Å². The van der Waals surface area contributed by atoms with Crippen LogP contribution >= 0.6 is 11.8 Å². The van der Waals surface area contributed by atoms with Crippen LogP contribution < -0.4 is 10.1 Å². The van der Waals surface area contributed by atoms with Crippen molar-refractivity contribution in [2.45, 2.75) is 131 Å². The quantitative estimate of drug-likeness (QED) is 0.214. The number of fused-ring (bicyclic) bond motifs is 7. The summed E-state index contributed by atoms with van der Waals surface area (Å²) in [5.41, 5.74) is 1.70. The molecule has 1 aromatic heterocycles. The molecule has 1 saturated heterocycles. The number of aliphatic carboxylic acids is 1. The molecule has 0 radical (unpaired) electrons. The van der Waals surface area contributed by atoms with E-state index in [0.29, 0.717) is 42.4 Å². The molecule has 314 valence electrons. The van der Waals surface area contributed by atoms with Crippen molar-refractivity contribution in [1.82, 2.24) is 20.2 Å². The number of carbonyl (C=O) groups is 1. The number of nitrogens with zero attached hydrogens (tertiary/aromatic N) is 3. The standard InChI is InChI=1S/C49H74N4O3S/c1-9-47(18-10-11-19-48(47,41(54)55)33-56-42-50-25-12-26-51-42)38-16-20-44(6)37(43(38,4)5)17-21-46(8)39(44)14-13-36-40-35(34(2)3)15-22-49(40,24-23-45(36,46)7)52-27-28-53-29-31-57-32-30-53/h10,12,16,18,25-26,35-37,39-40,52H,2,9,11,13-15,17,19-24,27-33H2,1,3-8H3,(H,54,55)/t35-,36+,37-,39+,40+,44-,45+,46+,47?,48?,49-/m0/s1. The van der Waals surface area contributed by atoms with Crippen molar-refractivity contribution < 1.29 is 14.6 Å². The largest absolute Gasteiger partial charge is 0.481 e. The highest BCUT2D eigenvalue weighted by molar-refractivity contribution is 7.99. The van der Waals surface area contributed by atoms with Crippen LogP contribution in [-0.2, 0) is 4.79 Å². The Balaban J connectivity index is 1.10. The van der Waals surface area contributed by atoms with Gasteiger partial charge in [0.25, 0.3) is 0 Å². The van der Waals surface area contributed by atoms with Crippen molar-refractivity contribution in [2.75, 3.05) is 44.3 Å². The fourth-order valence-corrected chi connectivity index (χ4v) is 17.2. The molecule has 2 heterocycles. The first kappa shape index (κ1) is 41.6. The van der Waals surface area contributed by atoms with E-state index >= 15 is 0 Å². The van der Waals surface area contributed by atoms with Crippen LogP contribution in [0.1, 0.15) is 126 Å². The lowest BCUT2D eigenvalue weighted by atomic mass is 9.32. The molecule has 8 heteroatoms. The van der Waals surface area contributed by atoms with E-state index in [1.165, 1.54) is 93.7 Å². The molecular weight excluding hydrogens is 725 g/mol. The van der Waals surface area contributed by atoms with Crippen molar-refractivity contribution >= 4 is 17.7 Å². The minimum Gasteiger partial charge on any atom is -0.481 e. The number of carboxylic acids is 1. The maximum absolute atomic E-state index is 13.8. The fraction of sp³-hybridized carbons (Fsp3) is 0.776. The average molecular weight is 799 g/mol. The molecule has 4 saturated carbocycles. The van der Waals surface area contributed by atoms with Gasteiger partial charge in [0.1, 0.15) is 12.0 Å². The van der Waals surface area contributed by atoms with Crippen LogP contribution in [0.25, 0.3) is 0 Å². The zero-order valence-corrected chi connectivity index (χ0v) is 37.3. The summed E-state index contributed by atoms with van der Waals surface area (Å²) in [5, 5.41) is 15.6. The SMILES string of the molecule is C=C(C)[C@@H]1CC[C@]2(NCCN3CCSCC3)CC[C@]3(C)[C@H](CC[C@@H]4[C@@]5(C)CC=C(C6(CC)C=CCCC6(COc6ncccn6)C(=O)O)C(C)(C)[C@@H]5CC[C@]43C)[C@@H]12. The summed E-state index contributed by atoms with van der Waals surface area (Å²) < 4.78 is 6.23. The normalized spacial score (nSPS) is 43.8. The van der Waals surface area contributed by atoms with Crippen molar-refractivity contribution in [3.8, 4) is 6.01 Å². The molecular formula is C49H74N4O3S. The summed E-state index contributed by atoms with van der Waals surface area (Å²) in [4.78, 5) is 25.1. The van der Waals surface area contributed by atoms with E-state index in [1.807, 2.05) is 0 Å². The fourth-order valence-electron chi connectivity index (χ4n) is 16.2. The Morgan fingerprint density at radius 2 is 1.74 bits per heavy atom. The lowest BCUT2D eigenvalue weighted by molar-refractivity contribution is -0.223. The third kappa shape index (κ3) is 6.19. The number of thioether (sulfide) groups is 1. The van der Waals surface area contributed by atoms with Gasteiger partial charge in [0, 0.05) is 61.0 Å². The molecule has 7 aliphatic rings. The van der Waals surface area contributed by atoms with Crippen LogP contribution in [0.3, 0.4) is 0 Å². The maximum atomic E-state index is 13.8. The van der Waals surface area contributed by atoms with Crippen molar-refractivity contribution in [2.24, 2.45) is 62.1 Å². The summed E-state index contributed by atoms with van der Waals surface area (Å²) in [6.07, 6.45) is 23.7. The van der Waals surface area contributed by atoms with E-state index in [1.54, 1.807) is 18.5 Å². The highest BCUT2D eigenvalue weighted by Crippen LogP contribution is 2.77. The number of hydrogen-bond acceptors (Lipinski definition) is 7. The first-order valence-electron chi connectivity index (χ1n) is 22.9. The van der Waals surface area contributed by atoms with Gasteiger partial charge in [-0.2, -0.15) is 11.8 Å². The number of aromatic nitrogens is 2. The predicted molar refractivity (Wildman–Crippen MR) is 233 cm³/mol. The smallest absolute Gasteiger partial charge is 0.316 e. The van der Waals surface area contributed by atoms with Crippen molar-refractivity contribution in [3.05, 3.63) is 54.4 Å². The van der Waals surface area contributed by atoms with Crippen molar-refractivity contribution in [3.63, 3.8) is 0 Å². The number of rotatable bonds is 11. The van der Waals surface area contributed by atoms with Crippen LogP contribution in [0.5, 0.6) is 6.01 Å². The molecule has 2 N–H and O–H groups in total. The molecule has 1 aromatic rings. The summed E-state index contributed by atoms with van der Waals surface area (Å²) in [5.74, 6) is 4.87. The van der Waals surface area contributed by atoms with Gasteiger partial charge in [-0.25, -0.2) is 9.97 Å². The van der Waals surface area contributed by atoms with Gasteiger partial charge >= 0.3 is 12.0 Å². The Bertz CT molecular complexity index is 1740. The van der Waals surface area contributed by atoms with Gasteiger partial charge in [0.2, 0.25) is 0 Å². The molecule has 0 aromatic carbocycles. The topological polar surface area (TPSA) is 87.6 Å². The molecule has 0 spiro atoms. The zero-order chi connectivity index (χ0) is 40.5. The second-order valence-corrected chi connectivity index (χ2v) is 22.5. The van der Waals surface area contributed by atoms with Crippen molar-refractivity contribution in [1.29, 1.82) is 0 Å². The number of carboxylic acid groups (broad SMARTS) is 1. The highest BCUT2D eigenvalue weighted by Gasteiger charge is 2.71. The van der Waals surface area contributed by atoms with Crippen LogP contribution in [0.4, 0.5) is 0 Å². The molecule has 57 heavy (non-hydrogen) atoms. The Morgan fingerprint density at radius 1 is 0.982 bits per heavy atom. The van der Waals surface area contributed by atoms with Gasteiger partial charge in [0.05, 0.1) is 0 Å². The molecule has 0 amide bonds. The van der Waals surface area contributed by atoms with Gasteiger partial charge in [-0.15, -0.1) is 0 Å². The Kier molecular flexibility index (Phi) is 11.0. The predicted octanol–water partition coefficient (Wildman–Crippen LogP) is 10.3. The summed E-state index contributed by atoms with van der Waals surface area (Å²) in [6, 6.07) is 2.01. The molecule has 7 nitrogen and oxygen atoms in total. The molecule has 0 bridgehead atoms. The van der Waals surface area contributed by atoms with Gasteiger partial charge in [-0.1, -0.05) is 77.5 Å². The number of ether oxygens (including phenoxy) is 1. The third-order valence-corrected chi connectivity index (χ3v) is 20.0. The average Bonchev–Trinajstić information content (AvgIpc) is 3.58. The summed E-state index contributed by atoms with van der Waals surface area (Å²) >= 11 is 2.11. The number of allylic oxidation sites excluding steroid dienone is 5. The molecule has 2 unspecified atom stereocenters. The van der Waals surface area contributed by atoms with E-state index in [9.17, 15) is 9.90 Å². The minimum absolute atomic E-state index is 0.0560. The van der Waals surface area contributed by atoms with E-state index in [-0.39, 0.29) is 39.8 Å². The van der Waals surface area contributed by atoms with Gasteiger partial charge in [0.15, 0.2) is 0 Å². The van der Waals surface area contributed by atoms with Gasteiger partial charge < -0.3 is 20.1 Å². The second-order valence-electron chi connectivity index (χ2n) is 21.2. The maximum Gasteiger partial charge on any atom is 0.316 e. The first-order valence-corrected chi connectivity index (χ1v) is 24.0. The van der Waals surface area contributed by atoms with Crippen LogP contribution in [-0.4, -0.2) is 75.8 Å². The van der Waals surface area contributed by atoms with E-state index in [4.69, 9.17) is 4.74 Å². The Hall–Kier alpha value is -2.16. The van der Waals surface area contributed by atoms with Gasteiger partial charge in [-0.3, -0.25) is 4.79 Å². The summed E-state index contributed by atoms with van der Waals surface area (Å²) in [6.45, 7) is 27.1. The van der Waals surface area contributed by atoms with Gasteiger partial charge in [-0.05, 0) is 141 Å². The molecule has 1 aliphatic heterocycles.